The molecule has 0 unspecified atom stereocenters. The van der Waals surface area contributed by atoms with Crippen LogP contribution in [0.25, 0.3) is 0 Å². The lowest BCUT2D eigenvalue weighted by atomic mass is 10.4. The van der Waals surface area contributed by atoms with Crippen LogP contribution in [0.15, 0.2) is 15.4 Å². The van der Waals surface area contributed by atoms with Crippen LogP contribution in [0, 0.1) is 6.92 Å². The van der Waals surface area contributed by atoms with E-state index < -0.39 is 0 Å². The summed E-state index contributed by atoms with van der Waals surface area (Å²) >= 11 is 3.00. The van der Waals surface area contributed by atoms with Gasteiger partial charge in [0.15, 0.2) is 4.34 Å². The molecule has 0 aliphatic rings. The van der Waals surface area contributed by atoms with Crippen LogP contribution in [0.5, 0.6) is 0 Å². The number of aryl methyl sites for hydroxylation is 2. The summed E-state index contributed by atoms with van der Waals surface area (Å²) in [4.78, 5) is 8.62. The fourth-order valence-electron chi connectivity index (χ4n) is 1.17. The molecule has 0 radical (unpaired) electrons. The minimum absolute atomic E-state index is 0.612. The molecule has 0 amide bonds. The smallest absolute Gasteiger partial charge is 0.180 e. The lowest BCUT2D eigenvalue weighted by Gasteiger charge is -2.04. The summed E-state index contributed by atoms with van der Waals surface area (Å²) in [5.74, 6) is 6.73. The molecule has 3 N–H and O–H groups in total. The number of hydrogen-bond donors (Lipinski definition) is 2. The van der Waals surface area contributed by atoms with Crippen LogP contribution >= 0.6 is 23.1 Å². The molecule has 17 heavy (non-hydrogen) atoms. The highest BCUT2D eigenvalue weighted by atomic mass is 32.2. The van der Waals surface area contributed by atoms with E-state index in [4.69, 9.17) is 5.84 Å². The third kappa shape index (κ3) is 3.11. The molecule has 90 valence electrons. The van der Waals surface area contributed by atoms with Crippen molar-refractivity contribution in [2.45, 2.75) is 29.6 Å². The molecular weight excluding hydrogens is 256 g/mol. The summed E-state index contributed by atoms with van der Waals surface area (Å²) in [5, 5.41) is 9.76. The zero-order chi connectivity index (χ0) is 12.3. The minimum Gasteiger partial charge on any atom is -0.308 e. The quantitative estimate of drug-likeness (QED) is 0.495. The van der Waals surface area contributed by atoms with E-state index in [2.05, 4.69) is 25.6 Å². The predicted octanol–water partition coefficient (Wildman–Crippen LogP) is 1.64. The molecule has 2 rings (SSSR count). The maximum atomic E-state index is 5.36. The van der Waals surface area contributed by atoms with E-state index in [1.54, 1.807) is 6.07 Å². The Morgan fingerprint density at radius 3 is 2.82 bits per heavy atom. The highest BCUT2D eigenvalue weighted by Crippen LogP contribution is 2.29. The van der Waals surface area contributed by atoms with Crippen molar-refractivity contribution in [1.82, 2.24) is 20.2 Å². The summed E-state index contributed by atoms with van der Waals surface area (Å²) in [6.45, 7) is 3.92. The van der Waals surface area contributed by atoms with Crippen LogP contribution in [0.3, 0.4) is 0 Å². The van der Waals surface area contributed by atoms with Crippen molar-refractivity contribution in [3.63, 3.8) is 0 Å². The average molecular weight is 268 g/mol. The van der Waals surface area contributed by atoms with Crippen molar-refractivity contribution >= 4 is 28.9 Å². The number of hydrazine groups is 1. The number of aromatic nitrogens is 4. The third-order valence-corrected chi connectivity index (χ3v) is 3.72. The van der Waals surface area contributed by atoms with E-state index in [1.807, 2.05) is 13.8 Å². The van der Waals surface area contributed by atoms with Crippen LogP contribution in [-0.4, -0.2) is 20.2 Å². The molecule has 2 heterocycles. The van der Waals surface area contributed by atoms with Gasteiger partial charge in [-0.05, 0) is 18.7 Å². The van der Waals surface area contributed by atoms with E-state index >= 15 is 0 Å². The van der Waals surface area contributed by atoms with Crippen molar-refractivity contribution in [3.05, 3.63) is 16.9 Å². The maximum Gasteiger partial charge on any atom is 0.180 e. The second-order valence-electron chi connectivity index (χ2n) is 3.19. The van der Waals surface area contributed by atoms with Gasteiger partial charge in [-0.15, -0.1) is 10.2 Å². The van der Waals surface area contributed by atoms with E-state index in [0.29, 0.717) is 5.82 Å². The van der Waals surface area contributed by atoms with Gasteiger partial charge >= 0.3 is 0 Å². The fraction of sp³-hybridized carbons (Fsp3) is 0.333. The molecule has 0 aliphatic carbocycles. The van der Waals surface area contributed by atoms with Gasteiger partial charge in [0.1, 0.15) is 21.7 Å². The second kappa shape index (κ2) is 5.39. The summed E-state index contributed by atoms with van der Waals surface area (Å²) in [6.07, 6.45) is 0.762. The van der Waals surface area contributed by atoms with Gasteiger partial charge < -0.3 is 5.43 Å². The Balaban J connectivity index is 2.25. The number of rotatable bonds is 4. The fourth-order valence-corrected chi connectivity index (χ4v) is 2.95. The highest BCUT2D eigenvalue weighted by molar-refractivity contribution is 8.01. The van der Waals surface area contributed by atoms with Crippen molar-refractivity contribution in [3.8, 4) is 0 Å². The van der Waals surface area contributed by atoms with E-state index in [-0.39, 0.29) is 0 Å². The average Bonchev–Trinajstić information content (AvgIpc) is 2.74. The van der Waals surface area contributed by atoms with E-state index in [9.17, 15) is 0 Å². The predicted molar refractivity (Wildman–Crippen MR) is 68.0 cm³/mol. The van der Waals surface area contributed by atoms with Crippen LogP contribution in [-0.2, 0) is 6.42 Å². The van der Waals surface area contributed by atoms with E-state index in [0.717, 1.165) is 26.6 Å². The zero-order valence-corrected chi connectivity index (χ0v) is 11.1. The topological polar surface area (TPSA) is 89.6 Å². The Morgan fingerprint density at radius 1 is 1.41 bits per heavy atom. The standard InChI is InChI=1S/C9H12N6S2/c1-3-6-11-7(13-10)4-8(12-6)17-9-15-14-5(2)16-9/h4H,3,10H2,1-2H3,(H,11,12,13). The molecule has 0 saturated carbocycles. The zero-order valence-electron chi connectivity index (χ0n) is 9.47. The molecule has 0 saturated heterocycles. The van der Waals surface area contributed by atoms with Gasteiger partial charge in [-0.1, -0.05) is 18.3 Å². The first-order chi connectivity index (χ1) is 8.21. The molecule has 6 nitrogen and oxygen atoms in total. The molecule has 2 aromatic heterocycles. The van der Waals surface area contributed by atoms with Gasteiger partial charge in [-0.2, -0.15) is 0 Å². The molecule has 8 heteroatoms. The van der Waals surface area contributed by atoms with Gasteiger partial charge in [0, 0.05) is 12.5 Å². The lowest BCUT2D eigenvalue weighted by molar-refractivity contribution is 0.886. The van der Waals surface area contributed by atoms with Crippen LogP contribution in [0.4, 0.5) is 5.82 Å². The summed E-state index contributed by atoms with van der Waals surface area (Å²) in [6, 6.07) is 1.79. The van der Waals surface area contributed by atoms with Crippen molar-refractivity contribution < 1.29 is 0 Å². The van der Waals surface area contributed by atoms with Gasteiger partial charge in [-0.25, -0.2) is 15.8 Å². The van der Waals surface area contributed by atoms with Gasteiger partial charge in [0.25, 0.3) is 0 Å². The van der Waals surface area contributed by atoms with Crippen molar-refractivity contribution in [1.29, 1.82) is 0 Å². The van der Waals surface area contributed by atoms with Gasteiger partial charge in [-0.3, -0.25) is 0 Å². The first kappa shape index (κ1) is 12.2. The molecule has 0 bridgehead atoms. The lowest BCUT2D eigenvalue weighted by Crippen LogP contribution is -2.10. The Hall–Kier alpha value is -1.25. The summed E-state index contributed by atoms with van der Waals surface area (Å²) in [7, 11) is 0. The molecule has 2 aromatic rings. The number of nitrogens with zero attached hydrogens (tertiary/aromatic N) is 4. The monoisotopic (exact) mass is 268 g/mol. The maximum absolute atomic E-state index is 5.36. The normalized spacial score (nSPS) is 10.5. The number of nitrogen functional groups attached to an aromatic ring is 1. The SMILES string of the molecule is CCc1nc(NN)cc(Sc2nnc(C)s2)n1. The molecule has 0 aliphatic heterocycles. The summed E-state index contributed by atoms with van der Waals surface area (Å²) in [5.41, 5.74) is 2.54. The van der Waals surface area contributed by atoms with Crippen molar-refractivity contribution in [2.24, 2.45) is 5.84 Å². The van der Waals surface area contributed by atoms with Gasteiger partial charge in [0.05, 0.1) is 0 Å². The number of hydrogen-bond acceptors (Lipinski definition) is 8. The Kier molecular flexibility index (Phi) is 3.87. The van der Waals surface area contributed by atoms with Crippen LogP contribution in [0.2, 0.25) is 0 Å². The van der Waals surface area contributed by atoms with Crippen molar-refractivity contribution in [2.75, 3.05) is 5.43 Å². The molecule has 0 aromatic carbocycles. The minimum atomic E-state index is 0.612. The number of nitrogens with two attached hydrogens (primary N) is 1. The molecule has 0 fully saturated rings. The largest absolute Gasteiger partial charge is 0.308 e. The first-order valence-electron chi connectivity index (χ1n) is 5.03. The first-order valence-corrected chi connectivity index (χ1v) is 6.67. The van der Waals surface area contributed by atoms with Gasteiger partial charge in [0.2, 0.25) is 0 Å². The summed E-state index contributed by atoms with van der Waals surface area (Å²) < 4.78 is 0.867. The van der Waals surface area contributed by atoms with E-state index in [1.165, 1.54) is 23.1 Å². The van der Waals surface area contributed by atoms with Crippen LogP contribution in [0.1, 0.15) is 17.8 Å². The third-order valence-electron chi connectivity index (χ3n) is 1.91. The highest BCUT2D eigenvalue weighted by Gasteiger charge is 2.07. The van der Waals surface area contributed by atoms with Crippen LogP contribution < -0.4 is 11.3 Å². The Morgan fingerprint density at radius 2 is 2.24 bits per heavy atom. The Labute approximate surface area is 107 Å². The molecule has 0 atom stereocenters. The molecular formula is C9H12N6S2. The Bertz CT molecular complexity index is 490. The molecule has 0 spiro atoms. The number of anilines is 1. The second-order valence-corrected chi connectivity index (χ2v) is 5.64. The number of nitrogens with one attached hydrogen (secondary N) is 1.